The predicted octanol–water partition coefficient (Wildman–Crippen LogP) is 1.27. The summed E-state index contributed by atoms with van der Waals surface area (Å²) in [7, 11) is 0. The standard InChI is InChI=1S/C12H15N5S/c1-4-13-7-8-3-6-17(9(1)8)12-15-11-10(18-12)2-5-14-16-11/h2,5,8-9,13H,1,3-4,6-7H2/t8-,9+/m0/s1. The first kappa shape index (κ1) is 10.6. The van der Waals surface area contributed by atoms with Gasteiger partial charge in [-0.2, -0.15) is 10.1 Å². The summed E-state index contributed by atoms with van der Waals surface area (Å²) in [5, 5.41) is 12.6. The van der Waals surface area contributed by atoms with Gasteiger partial charge in [0.25, 0.3) is 0 Å². The number of fused-ring (bicyclic) bond motifs is 2. The molecular formula is C12H15N5S. The van der Waals surface area contributed by atoms with E-state index in [-0.39, 0.29) is 0 Å². The summed E-state index contributed by atoms with van der Waals surface area (Å²) in [4.78, 5) is 7.12. The van der Waals surface area contributed by atoms with Crippen molar-refractivity contribution in [3.05, 3.63) is 12.3 Å². The lowest BCUT2D eigenvalue weighted by Gasteiger charge is -2.31. The van der Waals surface area contributed by atoms with Crippen LogP contribution in [0.1, 0.15) is 12.8 Å². The van der Waals surface area contributed by atoms with E-state index in [0.717, 1.165) is 41.0 Å². The summed E-state index contributed by atoms with van der Waals surface area (Å²) in [5.74, 6) is 0.789. The molecule has 2 atom stereocenters. The van der Waals surface area contributed by atoms with Crippen molar-refractivity contribution in [2.45, 2.75) is 18.9 Å². The normalized spacial score (nSPS) is 27.7. The van der Waals surface area contributed by atoms with Gasteiger partial charge in [-0.15, -0.1) is 5.10 Å². The van der Waals surface area contributed by atoms with Gasteiger partial charge in [-0.25, -0.2) is 0 Å². The van der Waals surface area contributed by atoms with Crippen molar-refractivity contribution in [2.75, 3.05) is 24.5 Å². The zero-order valence-electron chi connectivity index (χ0n) is 10.0. The average molecular weight is 261 g/mol. The van der Waals surface area contributed by atoms with E-state index in [2.05, 4.69) is 25.4 Å². The van der Waals surface area contributed by atoms with Crippen molar-refractivity contribution in [2.24, 2.45) is 5.92 Å². The summed E-state index contributed by atoms with van der Waals surface area (Å²) in [5.41, 5.74) is 0.787. The molecule has 4 rings (SSSR count). The van der Waals surface area contributed by atoms with Crippen molar-refractivity contribution >= 4 is 26.8 Å². The molecule has 0 unspecified atom stereocenters. The van der Waals surface area contributed by atoms with Crippen LogP contribution in [0, 0.1) is 5.92 Å². The van der Waals surface area contributed by atoms with Crippen LogP contribution in [-0.4, -0.2) is 40.9 Å². The third kappa shape index (κ3) is 1.59. The Bertz CT molecular complexity index is 535. The highest BCUT2D eigenvalue weighted by molar-refractivity contribution is 7.22. The van der Waals surface area contributed by atoms with Gasteiger partial charge in [0.2, 0.25) is 0 Å². The van der Waals surface area contributed by atoms with E-state index in [1.807, 2.05) is 6.07 Å². The molecule has 2 aromatic rings. The molecule has 0 bridgehead atoms. The largest absolute Gasteiger partial charge is 0.345 e. The number of aromatic nitrogens is 3. The SMILES string of the molecule is c1cc2sc(N3CC[C@H]4CNCC[C@H]43)nc2nn1. The van der Waals surface area contributed by atoms with Crippen LogP contribution in [0.4, 0.5) is 5.13 Å². The topological polar surface area (TPSA) is 53.9 Å². The summed E-state index contributed by atoms with van der Waals surface area (Å²) >= 11 is 1.74. The second kappa shape index (κ2) is 4.13. The lowest BCUT2D eigenvalue weighted by atomic mass is 9.94. The van der Waals surface area contributed by atoms with Crippen molar-refractivity contribution in [1.82, 2.24) is 20.5 Å². The van der Waals surface area contributed by atoms with Gasteiger partial charge in [-0.05, 0) is 37.9 Å². The Morgan fingerprint density at radius 2 is 2.39 bits per heavy atom. The molecule has 94 valence electrons. The molecule has 0 saturated carbocycles. The van der Waals surface area contributed by atoms with Gasteiger partial charge in [-0.3, -0.25) is 0 Å². The molecular weight excluding hydrogens is 246 g/mol. The van der Waals surface area contributed by atoms with Gasteiger partial charge < -0.3 is 10.2 Å². The van der Waals surface area contributed by atoms with Crippen LogP contribution in [-0.2, 0) is 0 Å². The number of nitrogens with one attached hydrogen (secondary N) is 1. The molecule has 6 heteroatoms. The van der Waals surface area contributed by atoms with E-state index in [0.29, 0.717) is 6.04 Å². The second-order valence-electron chi connectivity index (χ2n) is 5.02. The number of hydrogen-bond acceptors (Lipinski definition) is 6. The van der Waals surface area contributed by atoms with Gasteiger partial charge in [-0.1, -0.05) is 11.3 Å². The number of nitrogens with zero attached hydrogens (tertiary/aromatic N) is 4. The Balaban J connectivity index is 1.69. The maximum absolute atomic E-state index is 4.64. The first-order valence-electron chi connectivity index (χ1n) is 6.47. The Morgan fingerprint density at radius 3 is 3.33 bits per heavy atom. The van der Waals surface area contributed by atoms with Gasteiger partial charge in [0.1, 0.15) is 0 Å². The van der Waals surface area contributed by atoms with Crippen LogP contribution in [0.15, 0.2) is 12.3 Å². The molecule has 2 aliphatic rings. The van der Waals surface area contributed by atoms with Crippen molar-refractivity contribution in [3.8, 4) is 0 Å². The fourth-order valence-corrected chi connectivity index (χ4v) is 4.11. The molecule has 0 radical (unpaired) electrons. The highest BCUT2D eigenvalue weighted by atomic mass is 32.1. The molecule has 0 spiro atoms. The van der Waals surface area contributed by atoms with Crippen LogP contribution in [0.2, 0.25) is 0 Å². The van der Waals surface area contributed by atoms with E-state index in [1.54, 1.807) is 17.5 Å². The number of thiazole rings is 1. The first-order valence-corrected chi connectivity index (χ1v) is 7.29. The van der Waals surface area contributed by atoms with Crippen molar-refractivity contribution in [3.63, 3.8) is 0 Å². The van der Waals surface area contributed by atoms with Crippen LogP contribution >= 0.6 is 11.3 Å². The molecule has 18 heavy (non-hydrogen) atoms. The van der Waals surface area contributed by atoms with Crippen LogP contribution < -0.4 is 10.2 Å². The Labute approximate surface area is 109 Å². The Kier molecular flexibility index (Phi) is 2.44. The van der Waals surface area contributed by atoms with E-state index in [4.69, 9.17) is 0 Å². The van der Waals surface area contributed by atoms with Crippen molar-refractivity contribution < 1.29 is 0 Å². The monoisotopic (exact) mass is 261 g/mol. The molecule has 0 amide bonds. The predicted molar refractivity (Wildman–Crippen MR) is 71.9 cm³/mol. The minimum absolute atomic E-state index is 0.666. The van der Waals surface area contributed by atoms with Gasteiger partial charge in [0.15, 0.2) is 10.8 Å². The van der Waals surface area contributed by atoms with Crippen LogP contribution in [0.5, 0.6) is 0 Å². The molecule has 2 fully saturated rings. The number of rotatable bonds is 1. The molecule has 2 aliphatic heterocycles. The number of piperidine rings is 1. The van der Waals surface area contributed by atoms with Gasteiger partial charge >= 0.3 is 0 Å². The highest BCUT2D eigenvalue weighted by Crippen LogP contribution is 2.36. The first-order chi connectivity index (χ1) is 8.92. The maximum atomic E-state index is 4.64. The highest BCUT2D eigenvalue weighted by Gasteiger charge is 2.37. The second-order valence-corrected chi connectivity index (χ2v) is 6.03. The summed E-state index contributed by atoms with van der Waals surface area (Å²) in [6.45, 7) is 3.42. The number of anilines is 1. The molecule has 4 heterocycles. The van der Waals surface area contributed by atoms with Crippen molar-refractivity contribution in [1.29, 1.82) is 0 Å². The van der Waals surface area contributed by atoms with E-state index < -0.39 is 0 Å². The fraction of sp³-hybridized carbons (Fsp3) is 0.583. The van der Waals surface area contributed by atoms with Crippen LogP contribution in [0.3, 0.4) is 0 Å². The minimum atomic E-state index is 0.666. The van der Waals surface area contributed by atoms with E-state index in [1.165, 1.54) is 12.8 Å². The lowest BCUT2D eigenvalue weighted by molar-refractivity contribution is 0.361. The quantitative estimate of drug-likeness (QED) is 0.838. The molecule has 0 aromatic carbocycles. The molecule has 2 aromatic heterocycles. The zero-order chi connectivity index (χ0) is 11.9. The third-order valence-corrected chi connectivity index (χ3v) is 5.07. The summed E-state index contributed by atoms with van der Waals surface area (Å²) in [6.07, 6.45) is 4.24. The Hall–Kier alpha value is -1.27. The lowest BCUT2D eigenvalue weighted by Crippen LogP contribution is -2.43. The maximum Gasteiger partial charge on any atom is 0.194 e. The molecule has 1 N–H and O–H groups in total. The average Bonchev–Trinajstić information content (AvgIpc) is 3.02. The molecule has 0 aliphatic carbocycles. The van der Waals surface area contributed by atoms with E-state index in [9.17, 15) is 0 Å². The molecule has 2 saturated heterocycles. The molecule has 5 nitrogen and oxygen atoms in total. The zero-order valence-corrected chi connectivity index (χ0v) is 10.9. The summed E-state index contributed by atoms with van der Waals surface area (Å²) in [6, 6.07) is 2.67. The summed E-state index contributed by atoms with van der Waals surface area (Å²) < 4.78 is 1.14. The van der Waals surface area contributed by atoms with Gasteiger partial charge in [0.05, 0.1) is 10.9 Å². The third-order valence-electron chi connectivity index (χ3n) is 4.02. The number of hydrogen-bond donors (Lipinski definition) is 1. The van der Waals surface area contributed by atoms with E-state index >= 15 is 0 Å². The van der Waals surface area contributed by atoms with Crippen LogP contribution in [0.25, 0.3) is 10.3 Å². The minimum Gasteiger partial charge on any atom is -0.345 e. The smallest absolute Gasteiger partial charge is 0.194 e. The Morgan fingerprint density at radius 1 is 1.39 bits per heavy atom. The fourth-order valence-electron chi connectivity index (χ4n) is 3.13. The van der Waals surface area contributed by atoms with Gasteiger partial charge in [0, 0.05) is 12.6 Å².